The van der Waals surface area contributed by atoms with Crippen molar-refractivity contribution in [3.63, 3.8) is 0 Å². The number of unbranched alkanes of at least 4 members (excludes halogenated alkanes) is 3. The molecule has 0 heterocycles. The number of methoxy groups -OCH3 is 1. The third-order valence-corrected chi connectivity index (χ3v) is 8.16. The molecule has 0 amide bonds. The first-order valence-corrected chi connectivity index (χ1v) is 13.3. The summed E-state index contributed by atoms with van der Waals surface area (Å²) in [5.74, 6) is 1.07. The molecule has 0 radical (unpaired) electrons. The van der Waals surface area contributed by atoms with Crippen LogP contribution in [-0.2, 0) is 9.53 Å². The molecule has 1 aliphatic rings. The van der Waals surface area contributed by atoms with Crippen LogP contribution in [0, 0.1) is 18.8 Å². The Bertz CT molecular complexity index is 682. The number of carbonyl (C=O) groups is 1. The van der Waals surface area contributed by atoms with Crippen LogP contribution in [0.1, 0.15) is 70.3 Å². The van der Waals surface area contributed by atoms with Gasteiger partial charge in [0.25, 0.3) is 0 Å². The normalized spacial score (nSPS) is 24.8. The van der Waals surface area contributed by atoms with E-state index >= 15 is 0 Å². The predicted octanol–water partition coefficient (Wildman–Crippen LogP) is 5.15. The van der Waals surface area contributed by atoms with Crippen LogP contribution in [0.3, 0.4) is 0 Å². The highest BCUT2D eigenvalue weighted by atomic mass is 32.2. The summed E-state index contributed by atoms with van der Waals surface area (Å²) in [6.45, 7) is 4.19. The second kappa shape index (κ2) is 14.1. The zero-order chi connectivity index (χ0) is 23.5. The van der Waals surface area contributed by atoms with Crippen molar-refractivity contribution >= 4 is 17.7 Å². The lowest BCUT2D eigenvalue weighted by Crippen LogP contribution is -2.29. The number of esters is 1. The van der Waals surface area contributed by atoms with Gasteiger partial charge in [-0.1, -0.05) is 37.5 Å². The van der Waals surface area contributed by atoms with Gasteiger partial charge in [-0.15, -0.1) is 0 Å². The van der Waals surface area contributed by atoms with Crippen molar-refractivity contribution in [3.05, 3.63) is 29.8 Å². The van der Waals surface area contributed by atoms with E-state index in [1.807, 2.05) is 30.0 Å². The molecular formula is C26H42O5S. The molecule has 1 aliphatic carbocycles. The monoisotopic (exact) mass is 466 g/mol. The molecule has 1 fully saturated rings. The lowest BCUT2D eigenvalue weighted by molar-refractivity contribution is -0.140. The van der Waals surface area contributed by atoms with E-state index in [9.17, 15) is 15.0 Å². The van der Waals surface area contributed by atoms with Crippen molar-refractivity contribution in [1.29, 1.82) is 0 Å². The number of aryl methyl sites for hydroxylation is 1. The SMILES string of the molecule is COC(=O)CCCCCCC1C(O)CC(O)C1CCC(SC)C(C)Oc1ccccc1C. The number of hydrogen-bond donors (Lipinski definition) is 2. The Morgan fingerprint density at radius 1 is 1.09 bits per heavy atom. The summed E-state index contributed by atoms with van der Waals surface area (Å²) in [6, 6.07) is 8.10. The third-order valence-electron chi connectivity index (χ3n) is 6.93. The van der Waals surface area contributed by atoms with E-state index in [1.165, 1.54) is 7.11 Å². The fourth-order valence-corrected chi connectivity index (χ4v) is 5.76. The molecule has 6 unspecified atom stereocenters. The van der Waals surface area contributed by atoms with Gasteiger partial charge in [0.05, 0.1) is 19.3 Å². The Morgan fingerprint density at radius 2 is 1.75 bits per heavy atom. The molecule has 0 spiro atoms. The van der Waals surface area contributed by atoms with Crippen LogP contribution in [0.25, 0.3) is 0 Å². The average molecular weight is 467 g/mol. The van der Waals surface area contributed by atoms with Crippen LogP contribution in [0.2, 0.25) is 0 Å². The molecule has 1 aromatic rings. The lowest BCUT2D eigenvalue weighted by atomic mass is 9.85. The molecule has 0 aliphatic heterocycles. The number of thioether (sulfide) groups is 1. The van der Waals surface area contributed by atoms with Crippen molar-refractivity contribution < 1.29 is 24.5 Å². The van der Waals surface area contributed by atoms with Crippen LogP contribution >= 0.6 is 11.8 Å². The second-order valence-corrected chi connectivity index (χ2v) is 10.2. The van der Waals surface area contributed by atoms with Gasteiger partial charge in [-0.3, -0.25) is 4.79 Å². The Kier molecular flexibility index (Phi) is 11.9. The minimum absolute atomic E-state index is 0.0721. The van der Waals surface area contributed by atoms with Crippen LogP contribution in [-0.4, -0.2) is 53.1 Å². The van der Waals surface area contributed by atoms with Gasteiger partial charge in [0, 0.05) is 11.7 Å². The number of benzene rings is 1. The van der Waals surface area contributed by atoms with Crippen molar-refractivity contribution in [2.24, 2.45) is 11.8 Å². The highest BCUT2D eigenvalue weighted by Gasteiger charge is 2.41. The Hall–Kier alpha value is -1.24. The maximum Gasteiger partial charge on any atom is 0.305 e. The smallest absolute Gasteiger partial charge is 0.305 e. The fourth-order valence-electron chi connectivity index (χ4n) is 4.95. The van der Waals surface area contributed by atoms with Gasteiger partial charge < -0.3 is 19.7 Å². The zero-order valence-electron chi connectivity index (χ0n) is 20.2. The van der Waals surface area contributed by atoms with Gasteiger partial charge in [0.15, 0.2) is 0 Å². The molecule has 0 aromatic heterocycles. The van der Waals surface area contributed by atoms with Gasteiger partial charge in [-0.05, 0) is 75.7 Å². The fraction of sp³-hybridized carbons (Fsp3) is 0.731. The Morgan fingerprint density at radius 3 is 2.41 bits per heavy atom. The molecular weight excluding hydrogens is 424 g/mol. The average Bonchev–Trinajstić information content (AvgIpc) is 3.04. The molecule has 0 bridgehead atoms. The number of rotatable bonds is 14. The van der Waals surface area contributed by atoms with Crippen molar-refractivity contribution in [1.82, 2.24) is 0 Å². The van der Waals surface area contributed by atoms with Crippen molar-refractivity contribution in [2.75, 3.05) is 13.4 Å². The molecule has 6 atom stereocenters. The molecule has 2 N–H and O–H groups in total. The summed E-state index contributed by atoms with van der Waals surface area (Å²) < 4.78 is 10.9. The van der Waals surface area contributed by atoms with E-state index in [0.29, 0.717) is 18.1 Å². The molecule has 182 valence electrons. The summed E-state index contributed by atoms with van der Waals surface area (Å²) >= 11 is 1.81. The maximum atomic E-state index is 11.2. The number of aliphatic hydroxyl groups is 2. The summed E-state index contributed by atoms with van der Waals surface area (Å²) in [5.41, 5.74) is 1.14. The summed E-state index contributed by atoms with van der Waals surface area (Å²) in [6.07, 6.45) is 8.99. The number of para-hydroxylation sites is 1. The first kappa shape index (κ1) is 27.0. The van der Waals surface area contributed by atoms with E-state index in [-0.39, 0.29) is 23.9 Å². The predicted molar refractivity (Wildman–Crippen MR) is 131 cm³/mol. The van der Waals surface area contributed by atoms with E-state index < -0.39 is 12.2 Å². The molecule has 2 rings (SSSR count). The number of carbonyl (C=O) groups excluding carboxylic acids is 1. The van der Waals surface area contributed by atoms with Crippen LogP contribution in [0.4, 0.5) is 0 Å². The second-order valence-electron chi connectivity index (χ2n) is 9.17. The number of hydrogen-bond acceptors (Lipinski definition) is 6. The maximum absolute atomic E-state index is 11.2. The molecule has 1 aromatic carbocycles. The first-order valence-electron chi connectivity index (χ1n) is 12.0. The van der Waals surface area contributed by atoms with Crippen LogP contribution in [0.5, 0.6) is 5.75 Å². The Labute approximate surface area is 198 Å². The summed E-state index contributed by atoms with van der Waals surface area (Å²) in [4.78, 5) is 11.2. The zero-order valence-corrected chi connectivity index (χ0v) is 21.0. The molecule has 6 heteroatoms. The van der Waals surface area contributed by atoms with Crippen molar-refractivity contribution in [3.8, 4) is 5.75 Å². The lowest BCUT2D eigenvalue weighted by Gasteiger charge is -2.28. The topological polar surface area (TPSA) is 76.0 Å². The Balaban J connectivity index is 1.81. The highest BCUT2D eigenvalue weighted by molar-refractivity contribution is 7.99. The van der Waals surface area contributed by atoms with Gasteiger partial charge >= 0.3 is 5.97 Å². The van der Waals surface area contributed by atoms with Gasteiger partial charge in [0.1, 0.15) is 11.9 Å². The van der Waals surface area contributed by atoms with E-state index in [0.717, 1.165) is 56.3 Å². The number of ether oxygens (including phenoxy) is 2. The summed E-state index contributed by atoms with van der Waals surface area (Å²) in [5, 5.41) is 21.5. The standard InChI is InChI=1S/C26H42O5S/c1-18-11-9-10-13-24(18)31-19(2)25(32-4)16-15-21-20(22(27)17-23(21)28)12-7-5-6-8-14-26(29)30-3/h9-11,13,19-23,25,27-28H,5-8,12,14-17H2,1-4H3. The van der Waals surface area contributed by atoms with Crippen LogP contribution < -0.4 is 4.74 Å². The highest BCUT2D eigenvalue weighted by Crippen LogP contribution is 2.40. The molecule has 0 saturated heterocycles. The third kappa shape index (κ3) is 8.27. The van der Waals surface area contributed by atoms with Gasteiger partial charge in [-0.2, -0.15) is 11.8 Å². The molecule has 1 saturated carbocycles. The van der Waals surface area contributed by atoms with E-state index in [4.69, 9.17) is 4.74 Å². The minimum atomic E-state index is -0.426. The van der Waals surface area contributed by atoms with Gasteiger partial charge in [0.2, 0.25) is 0 Å². The molecule has 5 nitrogen and oxygen atoms in total. The summed E-state index contributed by atoms with van der Waals surface area (Å²) in [7, 11) is 1.42. The van der Waals surface area contributed by atoms with Crippen molar-refractivity contribution in [2.45, 2.75) is 95.2 Å². The van der Waals surface area contributed by atoms with Crippen LogP contribution in [0.15, 0.2) is 24.3 Å². The van der Waals surface area contributed by atoms with E-state index in [1.54, 1.807) is 0 Å². The molecule has 32 heavy (non-hydrogen) atoms. The minimum Gasteiger partial charge on any atom is -0.489 e. The largest absolute Gasteiger partial charge is 0.489 e. The van der Waals surface area contributed by atoms with E-state index in [2.05, 4.69) is 30.9 Å². The van der Waals surface area contributed by atoms with Gasteiger partial charge in [-0.25, -0.2) is 0 Å². The quantitative estimate of drug-likeness (QED) is 0.292. The number of aliphatic hydroxyl groups excluding tert-OH is 2. The first-order chi connectivity index (χ1) is 15.4.